The molecule has 1 aliphatic heterocycles. The standard InChI is InChI=1S/C12H16N2O3S/c1-7-5-13-6-8(7)11(15)14-9-3-4-18-10(9)12(16)17-2/h3-4,7-8,13H,5-6H2,1-2H3,(H,14,15)/t7-,8-/m1/s1. The molecule has 2 heterocycles. The van der Waals surface area contributed by atoms with Crippen LogP contribution in [0.25, 0.3) is 0 Å². The van der Waals surface area contributed by atoms with E-state index in [0.29, 0.717) is 23.0 Å². The fourth-order valence-electron chi connectivity index (χ4n) is 2.04. The van der Waals surface area contributed by atoms with Crippen molar-refractivity contribution in [3.63, 3.8) is 0 Å². The average molecular weight is 268 g/mol. The molecule has 0 bridgehead atoms. The molecule has 0 saturated carbocycles. The van der Waals surface area contributed by atoms with Gasteiger partial charge in [0, 0.05) is 6.54 Å². The van der Waals surface area contributed by atoms with E-state index >= 15 is 0 Å². The van der Waals surface area contributed by atoms with E-state index in [1.807, 2.05) is 6.92 Å². The molecule has 2 rings (SSSR count). The van der Waals surface area contributed by atoms with Crippen molar-refractivity contribution in [2.24, 2.45) is 11.8 Å². The highest BCUT2D eigenvalue weighted by Gasteiger charge is 2.30. The normalized spacial score (nSPS) is 22.8. The van der Waals surface area contributed by atoms with Crippen LogP contribution in [-0.4, -0.2) is 32.1 Å². The Kier molecular flexibility index (Phi) is 3.98. The smallest absolute Gasteiger partial charge is 0.350 e. The third-order valence-corrected chi connectivity index (χ3v) is 4.04. The van der Waals surface area contributed by atoms with Gasteiger partial charge in [0.25, 0.3) is 0 Å². The molecule has 5 nitrogen and oxygen atoms in total. The molecule has 0 aromatic carbocycles. The van der Waals surface area contributed by atoms with Crippen molar-refractivity contribution in [2.75, 3.05) is 25.5 Å². The lowest BCUT2D eigenvalue weighted by molar-refractivity contribution is -0.120. The predicted molar refractivity (Wildman–Crippen MR) is 69.8 cm³/mol. The van der Waals surface area contributed by atoms with Crippen LogP contribution in [0.2, 0.25) is 0 Å². The largest absolute Gasteiger partial charge is 0.465 e. The number of thiophene rings is 1. The van der Waals surface area contributed by atoms with Gasteiger partial charge in [0.15, 0.2) is 0 Å². The minimum atomic E-state index is -0.419. The Labute approximate surface area is 110 Å². The molecule has 2 atom stereocenters. The quantitative estimate of drug-likeness (QED) is 0.812. The van der Waals surface area contributed by atoms with Crippen LogP contribution >= 0.6 is 11.3 Å². The van der Waals surface area contributed by atoms with E-state index in [0.717, 1.165) is 6.54 Å². The van der Waals surface area contributed by atoms with Crippen LogP contribution in [0.1, 0.15) is 16.6 Å². The summed E-state index contributed by atoms with van der Waals surface area (Å²) in [5.74, 6) is -0.199. The molecule has 98 valence electrons. The first kappa shape index (κ1) is 13.0. The molecule has 1 amide bonds. The van der Waals surface area contributed by atoms with Gasteiger partial charge in [-0.25, -0.2) is 4.79 Å². The van der Waals surface area contributed by atoms with Crippen LogP contribution in [0.5, 0.6) is 0 Å². The maximum atomic E-state index is 12.1. The summed E-state index contributed by atoms with van der Waals surface area (Å²) in [6.45, 7) is 3.58. The lowest BCUT2D eigenvalue weighted by Gasteiger charge is -2.14. The van der Waals surface area contributed by atoms with Gasteiger partial charge >= 0.3 is 5.97 Å². The third kappa shape index (κ3) is 2.54. The van der Waals surface area contributed by atoms with E-state index in [2.05, 4.69) is 15.4 Å². The number of carbonyl (C=O) groups excluding carboxylic acids is 2. The Morgan fingerprint density at radius 1 is 1.50 bits per heavy atom. The van der Waals surface area contributed by atoms with Gasteiger partial charge in [0.2, 0.25) is 5.91 Å². The zero-order chi connectivity index (χ0) is 13.1. The number of hydrogen-bond donors (Lipinski definition) is 2. The van der Waals surface area contributed by atoms with Gasteiger partial charge in [-0.15, -0.1) is 11.3 Å². The summed E-state index contributed by atoms with van der Waals surface area (Å²) >= 11 is 1.26. The molecule has 1 fully saturated rings. The molecule has 2 N–H and O–H groups in total. The van der Waals surface area contributed by atoms with Crippen LogP contribution in [0.4, 0.5) is 5.69 Å². The number of nitrogens with one attached hydrogen (secondary N) is 2. The SMILES string of the molecule is COC(=O)c1sccc1NC(=O)[C@@H]1CNC[C@H]1C. The van der Waals surface area contributed by atoms with Crippen LogP contribution < -0.4 is 10.6 Å². The maximum Gasteiger partial charge on any atom is 0.350 e. The van der Waals surface area contributed by atoms with Gasteiger partial charge in [0.1, 0.15) is 4.88 Å². The van der Waals surface area contributed by atoms with Crippen LogP contribution in [-0.2, 0) is 9.53 Å². The highest BCUT2D eigenvalue weighted by Crippen LogP contribution is 2.25. The van der Waals surface area contributed by atoms with E-state index in [4.69, 9.17) is 0 Å². The van der Waals surface area contributed by atoms with E-state index in [1.165, 1.54) is 18.4 Å². The molecule has 1 saturated heterocycles. The van der Waals surface area contributed by atoms with Crippen molar-refractivity contribution < 1.29 is 14.3 Å². The molecular formula is C12H16N2O3S. The number of carbonyl (C=O) groups is 2. The van der Waals surface area contributed by atoms with E-state index < -0.39 is 5.97 Å². The second kappa shape index (κ2) is 5.49. The molecule has 0 spiro atoms. The third-order valence-electron chi connectivity index (χ3n) is 3.15. The van der Waals surface area contributed by atoms with Crippen molar-refractivity contribution in [3.8, 4) is 0 Å². The number of methoxy groups -OCH3 is 1. The van der Waals surface area contributed by atoms with Crippen molar-refractivity contribution in [2.45, 2.75) is 6.92 Å². The van der Waals surface area contributed by atoms with Crippen LogP contribution in [0, 0.1) is 11.8 Å². The first-order valence-electron chi connectivity index (χ1n) is 5.81. The van der Waals surface area contributed by atoms with Crippen LogP contribution in [0.15, 0.2) is 11.4 Å². The summed E-state index contributed by atoms with van der Waals surface area (Å²) in [7, 11) is 1.33. The lowest BCUT2D eigenvalue weighted by atomic mass is 9.97. The molecule has 0 aliphatic carbocycles. The Morgan fingerprint density at radius 2 is 2.28 bits per heavy atom. The number of hydrogen-bond acceptors (Lipinski definition) is 5. The summed E-state index contributed by atoms with van der Waals surface area (Å²) in [5.41, 5.74) is 0.538. The zero-order valence-corrected chi connectivity index (χ0v) is 11.2. The number of anilines is 1. The van der Waals surface area contributed by atoms with Gasteiger partial charge in [-0.2, -0.15) is 0 Å². The summed E-state index contributed by atoms with van der Waals surface area (Å²) in [6.07, 6.45) is 0. The van der Waals surface area contributed by atoms with Crippen molar-refractivity contribution in [1.29, 1.82) is 0 Å². The van der Waals surface area contributed by atoms with E-state index in [9.17, 15) is 9.59 Å². The molecule has 1 aromatic rings. The molecular weight excluding hydrogens is 252 g/mol. The maximum absolute atomic E-state index is 12.1. The number of rotatable bonds is 3. The van der Waals surface area contributed by atoms with E-state index in [1.54, 1.807) is 11.4 Å². The van der Waals surface area contributed by atoms with E-state index in [-0.39, 0.29) is 11.8 Å². The summed E-state index contributed by atoms with van der Waals surface area (Å²) in [5, 5.41) is 7.75. The second-order valence-corrected chi connectivity index (χ2v) is 5.30. The van der Waals surface area contributed by atoms with Gasteiger partial charge in [-0.1, -0.05) is 6.92 Å². The Bertz CT molecular complexity index is 458. The molecule has 18 heavy (non-hydrogen) atoms. The fourth-order valence-corrected chi connectivity index (χ4v) is 2.81. The molecule has 0 unspecified atom stereocenters. The molecule has 1 aromatic heterocycles. The second-order valence-electron chi connectivity index (χ2n) is 4.39. The number of amides is 1. The monoisotopic (exact) mass is 268 g/mol. The zero-order valence-electron chi connectivity index (χ0n) is 10.4. The van der Waals surface area contributed by atoms with Gasteiger partial charge in [-0.05, 0) is 23.9 Å². The number of esters is 1. The summed E-state index contributed by atoms with van der Waals surface area (Å²) in [4.78, 5) is 24.0. The Balaban J connectivity index is 2.07. The van der Waals surface area contributed by atoms with Gasteiger partial charge in [-0.3, -0.25) is 4.79 Å². The average Bonchev–Trinajstić information content (AvgIpc) is 2.97. The highest BCUT2D eigenvalue weighted by molar-refractivity contribution is 7.12. The molecule has 6 heteroatoms. The lowest BCUT2D eigenvalue weighted by Crippen LogP contribution is -2.28. The first-order valence-corrected chi connectivity index (χ1v) is 6.69. The van der Waals surface area contributed by atoms with Crippen molar-refractivity contribution >= 4 is 28.9 Å². The number of ether oxygens (including phenoxy) is 1. The Morgan fingerprint density at radius 3 is 2.89 bits per heavy atom. The predicted octanol–water partition coefficient (Wildman–Crippen LogP) is 1.33. The highest BCUT2D eigenvalue weighted by atomic mass is 32.1. The minimum absolute atomic E-state index is 0.0453. The minimum Gasteiger partial charge on any atom is -0.465 e. The van der Waals surface area contributed by atoms with Gasteiger partial charge < -0.3 is 15.4 Å². The Hall–Kier alpha value is -1.40. The summed E-state index contributed by atoms with van der Waals surface area (Å²) in [6, 6.07) is 1.72. The fraction of sp³-hybridized carbons (Fsp3) is 0.500. The van der Waals surface area contributed by atoms with Crippen molar-refractivity contribution in [1.82, 2.24) is 5.32 Å². The van der Waals surface area contributed by atoms with Crippen LogP contribution in [0.3, 0.4) is 0 Å². The molecule has 0 radical (unpaired) electrons. The summed E-state index contributed by atoms with van der Waals surface area (Å²) < 4.78 is 4.67. The van der Waals surface area contributed by atoms with Crippen molar-refractivity contribution in [3.05, 3.63) is 16.3 Å². The first-order chi connectivity index (χ1) is 8.63. The van der Waals surface area contributed by atoms with Gasteiger partial charge in [0.05, 0.1) is 18.7 Å². The topological polar surface area (TPSA) is 67.4 Å². The molecule has 1 aliphatic rings.